The fourth-order valence-corrected chi connectivity index (χ4v) is 3.44. The third-order valence-corrected chi connectivity index (χ3v) is 4.36. The number of fused-ring (bicyclic) bond motifs is 3. The molecule has 2 aromatic rings. The van der Waals surface area contributed by atoms with Crippen molar-refractivity contribution in [2.75, 3.05) is 6.61 Å². The van der Waals surface area contributed by atoms with Crippen LogP contribution < -0.4 is 0 Å². The van der Waals surface area contributed by atoms with Gasteiger partial charge in [-0.1, -0.05) is 0 Å². The van der Waals surface area contributed by atoms with Crippen molar-refractivity contribution in [1.29, 1.82) is 0 Å². The van der Waals surface area contributed by atoms with Gasteiger partial charge < -0.3 is 9.30 Å². The molecule has 21 heavy (non-hydrogen) atoms. The Bertz CT molecular complexity index is 690. The van der Waals surface area contributed by atoms with E-state index < -0.39 is 0 Å². The van der Waals surface area contributed by atoms with Crippen molar-refractivity contribution in [1.82, 2.24) is 4.57 Å². The molecule has 3 rings (SSSR count). The maximum Gasteiger partial charge on any atom is 0.309 e. The molecule has 0 bridgehead atoms. The van der Waals surface area contributed by atoms with Gasteiger partial charge in [0.15, 0.2) is 0 Å². The molecule has 0 N–H and O–H groups in total. The lowest BCUT2D eigenvalue weighted by Gasteiger charge is -2.22. The van der Waals surface area contributed by atoms with Gasteiger partial charge in [-0.15, -0.1) is 0 Å². The zero-order valence-corrected chi connectivity index (χ0v) is 12.5. The number of esters is 1. The molecule has 0 amide bonds. The number of benzene rings is 1. The molecular formula is C17H20FNO2. The van der Waals surface area contributed by atoms with Crippen LogP contribution in [0.3, 0.4) is 0 Å². The Labute approximate surface area is 123 Å². The van der Waals surface area contributed by atoms with E-state index >= 15 is 0 Å². The standard InChI is InChI=1S/C17H20FNO2/c1-3-19-15-7-5-11(17(20)21-4-2)9-13(15)14-10-12(18)6-8-16(14)19/h6,8,10-11H,3-5,7,9H2,1-2H3. The Kier molecular flexibility index (Phi) is 3.70. The molecule has 1 aliphatic rings. The molecule has 0 spiro atoms. The molecule has 0 radical (unpaired) electrons. The van der Waals surface area contributed by atoms with E-state index in [2.05, 4.69) is 11.5 Å². The van der Waals surface area contributed by atoms with Crippen LogP contribution in [0.4, 0.5) is 4.39 Å². The Hall–Kier alpha value is -1.84. The van der Waals surface area contributed by atoms with Crippen molar-refractivity contribution in [2.45, 2.75) is 39.7 Å². The van der Waals surface area contributed by atoms with Gasteiger partial charge >= 0.3 is 5.97 Å². The highest BCUT2D eigenvalue weighted by Gasteiger charge is 2.29. The molecule has 3 nitrogen and oxygen atoms in total. The van der Waals surface area contributed by atoms with Crippen LogP contribution in [0, 0.1) is 11.7 Å². The van der Waals surface area contributed by atoms with E-state index in [-0.39, 0.29) is 17.7 Å². The first-order valence-corrected chi connectivity index (χ1v) is 7.61. The highest BCUT2D eigenvalue weighted by Crippen LogP contribution is 2.35. The van der Waals surface area contributed by atoms with Crippen LogP contribution in [0.1, 0.15) is 31.5 Å². The fourth-order valence-electron chi connectivity index (χ4n) is 3.44. The summed E-state index contributed by atoms with van der Waals surface area (Å²) in [7, 11) is 0. The minimum Gasteiger partial charge on any atom is -0.466 e. The third-order valence-electron chi connectivity index (χ3n) is 4.36. The number of aromatic nitrogens is 1. The average molecular weight is 289 g/mol. The van der Waals surface area contributed by atoms with Crippen molar-refractivity contribution in [2.24, 2.45) is 5.92 Å². The van der Waals surface area contributed by atoms with Crippen LogP contribution >= 0.6 is 0 Å². The van der Waals surface area contributed by atoms with Crippen LogP contribution in [0.2, 0.25) is 0 Å². The first-order chi connectivity index (χ1) is 10.2. The van der Waals surface area contributed by atoms with Crippen molar-refractivity contribution in [3.05, 3.63) is 35.3 Å². The summed E-state index contributed by atoms with van der Waals surface area (Å²) in [5.74, 6) is -0.453. The maximum absolute atomic E-state index is 13.6. The Morgan fingerprint density at radius 3 is 2.95 bits per heavy atom. The number of aryl methyl sites for hydroxylation is 1. The van der Waals surface area contributed by atoms with Gasteiger partial charge in [-0.2, -0.15) is 0 Å². The van der Waals surface area contributed by atoms with E-state index in [1.54, 1.807) is 6.07 Å². The van der Waals surface area contributed by atoms with E-state index in [9.17, 15) is 9.18 Å². The molecule has 1 atom stereocenters. The van der Waals surface area contributed by atoms with Gasteiger partial charge in [-0.05, 0) is 56.9 Å². The highest BCUT2D eigenvalue weighted by molar-refractivity contribution is 5.87. The van der Waals surface area contributed by atoms with Gasteiger partial charge in [0.05, 0.1) is 12.5 Å². The summed E-state index contributed by atoms with van der Waals surface area (Å²) in [6.45, 7) is 5.19. The molecule has 0 aliphatic heterocycles. The molecule has 1 heterocycles. The number of hydrogen-bond donors (Lipinski definition) is 0. The minimum absolute atomic E-state index is 0.100. The molecule has 0 saturated heterocycles. The minimum atomic E-state index is -0.225. The summed E-state index contributed by atoms with van der Waals surface area (Å²) >= 11 is 0. The lowest BCUT2D eigenvalue weighted by Crippen LogP contribution is -2.25. The zero-order chi connectivity index (χ0) is 15.0. The van der Waals surface area contributed by atoms with E-state index in [0.717, 1.165) is 35.9 Å². The first-order valence-electron chi connectivity index (χ1n) is 7.61. The van der Waals surface area contributed by atoms with Crippen molar-refractivity contribution < 1.29 is 13.9 Å². The van der Waals surface area contributed by atoms with E-state index in [4.69, 9.17) is 4.74 Å². The van der Waals surface area contributed by atoms with E-state index in [1.807, 2.05) is 13.0 Å². The molecular weight excluding hydrogens is 269 g/mol. The largest absolute Gasteiger partial charge is 0.466 e. The van der Waals surface area contributed by atoms with Gasteiger partial charge in [0.1, 0.15) is 5.82 Å². The molecule has 112 valence electrons. The summed E-state index contributed by atoms with van der Waals surface area (Å²) in [4.78, 5) is 12.0. The lowest BCUT2D eigenvalue weighted by molar-refractivity contribution is -0.148. The topological polar surface area (TPSA) is 31.2 Å². The highest BCUT2D eigenvalue weighted by atomic mass is 19.1. The maximum atomic E-state index is 13.6. The number of carbonyl (C=O) groups excluding carboxylic acids is 1. The van der Waals surface area contributed by atoms with Gasteiger partial charge in [0, 0.05) is 23.1 Å². The van der Waals surface area contributed by atoms with Crippen molar-refractivity contribution in [3.8, 4) is 0 Å². The first kappa shape index (κ1) is 14.1. The molecule has 0 saturated carbocycles. The Morgan fingerprint density at radius 2 is 2.24 bits per heavy atom. The molecule has 1 unspecified atom stereocenters. The number of carbonyl (C=O) groups is 1. The van der Waals surface area contributed by atoms with Gasteiger partial charge in [-0.25, -0.2) is 4.39 Å². The van der Waals surface area contributed by atoms with Gasteiger partial charge in [-0.3, -0.25) is 4.79 Å². The number of hydrogen-bond acceptors (Lipinski definition) is 2. The molecule has 0 fully saturated rings. The molecule has 1 aromatic heterocycles. The SMILES string of the molecule is CCOC(=O)C1CCc2c(c3cc(F)ccc3n2CC)C1. The van der Waals surface area contributed by atoms with Crippen LogP contribution in [-0.4, -0.2) is 17.1 Å². The molecule has 1 aliphatic carbocycles. The summed E-state index contributed by atoms with van der Waals surface area (Å²) < 4.78 is 21.0. The lowest BCUT2D eigenvalue weighted by atomic mass is 9.86. The van der Waals surface area contributed by atoms with Crippen LogP contribution in [0.5, 0.6) is 0 Å². The summed E-state index contributed by atoms with van der Waals surface area (Å²) in [5.41, 5.74) is 3.43. The molecule has 4 heteroatoms. The monoisotopic (exact) mass is 289 g/mol. The third kappa shape index (κ3) is 2.33. The second-order valence-electron chi connectivity index (χ2n) is 5.52. The Balaban J connectivity index is 2.06. The normalized spacial score (nSPS) is 17.8. The van der Waals surface area contributed by atoms with Crippen molar-refractivity contribution in [3.63, 3.8) is 0 Å². The second-order valence-corrected chi connectivity index (χ2v) is 5.52. The number of rotatable bonds is 3. The van der Waals surface area contributed by atoms with Gasteiger partial charge in [0.2, 0.25) is 0 Å². The average Bonchev–Trinajstić information content (AvgIpc) is 2.79. The van der Waals surface area contributed by atoms with Gasteiger partial charge in [0.25, 0.3) is 0 Å². The molecule has 1 aromatic carbocycles. The van der Waals surface area contributed by atoms with Crippen LogP contribution in [-0.2, 0) is 28.9 Å². The number of halogens is 1. The van der Waals surface area contributed by atoms with Crippen LogP contribution in [0.25, 0.3) is 10.9 Å². The predicted octanol–water partition coefficient (Wildman–Crippen LogP) is 3.47. The summed E-state index contributed by atoms with van der Waals surface area (Å²) in [5, 5.41) is 0.945. The summed E-state index contributed by atoms with van der Waals surface area (Å²) in [6.07, 6.45) is 2.31. The van der Waals surface area contributed by atoms with Crippen molar-refractivity contribution >= 4 is 16.9 Å². The number of ether oxygens (including phenoxy) is 1. The predicted molar refractivity (Wildman–Crippen MR) is 79.7 cm³/mol. The summed E-state index contributed by atoms with van der Waals surface area (Å²) in [6, 6.07) is 4.93. The second kappa shape index (κ2) is 5.51. The quantitative estimate of drug-likeness (QED) is 0.810. The zero-order valence-electron chi connectivity index (χ0n) is 12.5. The number of nitrogens with zero attached hydrogens (tertiary/aromatic N) is 1. The fraction of sp³-hybridized carbons (Fsp3) is 0.471. The van der Waals surface area contributed by atoms with E-state index in [0.29, 0.717) is 13.0 Å². The van der Waals surface area contributed by atoms with Crippen LogP contribution in [0.15, 0.2) is 18.2 Å². The Morgan fingerprint density at radius 1 is 1.43 bits per heavy atom. The van der Waals surface area contributed by atoms with E-state index in [1.165, 1.54) is 11.8 Å². The smallest absolute Gasteiger partial charge is 0.309 e.